The fourth-order valence-corrected chi connectivity index (χ4v) is 3.90. The molecule has 10 heteroatoms. The van der Waals surface area contributed by atoms with Gasteiger partial charge in [-0.2, -0.15) is 0 Å². The third-order valence-corrected chi connectivity index (χ3v) is 5.38. The molecule has 5 rings (SSSR count). The quantitative estimate of drug-likeness (QED) is 0.530. The normalized spacial score (nSPS) is 16.7. The Bertz CT molecular complexity index is 1280. The van der Waals surface area contributed by atoms with Gasteiger partial charge in [-0.05, 0) is 12.1 Å². The summed E-state index contributed by atoms with van der Waals surface area (Å²) in [6.45, 7) is 1.76. The minimum absolute atomic E-state index is 0. The van der Waals surface area contributed by atoms with Gasteiger partial charge in [0.1, 0.15) is 29.5 Å². The molecule has 4 aromatic rings. The fourth-order valence-electron chi connectivity index (χ4n) is 3.90. The van der Waals surface area contributed by atoms with Crippen LogP contribution in [0, 0.1) is 0 Å². The van der Waals surface area contributed by atoms with Crippen molar-refractivity contribution in [3.05, 3.63) is 59.2 Å². The van der Waals surface area contributed by atoms with Gasteiger partial charge in [-0.1, -0.05) is 12.1 Å². The molecule has 30 heavy (non-hydrogen) atoms. The van der Waals surface area contributed by atoms with Crippen molar-refractivity contribution >= 4 is 40.4 Å². The highest BCUT2D eigenvalue weighted by atomic mass is 35.5. The number of nitrogens with zero attached hydrogens (tertiary/aromatic N) is 5. The molecule has 0 bridgehead atoms. The molecule has 4 heterocycles. The number of hydrogen-bond acceptors (Lipinski definition) is 6. The summed E-state index contributed by atoms with van der Waals surface area (Å²) in [7, 11) is 1.91. The van der Waals surface area contributed by atoms with E-state index in [0.717, 1.165) is 11.2 Å². The number of carbonyl (C=O) groups is 1. The Labute approximate surface area is 177 Å². The van der Waals surface area contributed by atoms with Gasteiger partial charge >= 0.3 is 0 Å². The second-order valence-corrected chi connectivity index (χ2v) is 7.16. The van der Waals surface area contributed by atoms with Crippen LogP contribution >= 0.6 is 12.4 Å². The fraction of sp³-hybridized carbons (Fsp3) is 0.300. The number of piperazine rings is 1. The predicted molar refractivity (Wildman–Crippen MR) is 114 cm³/mol. The Balaban J connectivity index is 0.00000218. The average Bonchev–Trinajstić information content (AvgIpc) is 3.34. The highest BCUT2D eigenvalue weighted by Gasteiger charge is 2.30. The maximum Gasteiger partial charge on any atom is 0.297 e. The third-order valence-electron chi connectivity index (χ3n) is 5.38. The first-order chi connectivity index (χ1) is 14.1. The molecule has 1 N–H and O–H groups in total. The van der Waals surface area contributed by atoms with E-state index in [0.29, 0.717) is 30.7 Å². The number of aryl methyl sites for hydroxylation is 1. The number of carbonyl (C=O) groups excluding carboxylic acids is 1. The smallest absolute Gasteiger partial charge is 0.297 e. The van der Waals surface area contributed by atoms with Crippen LogP contribution in [0.5, 0.6) is 0 Å². The molecule has 3 aromatic heterocycles. The largest absolute Gasteiger partial charge is 0.448 e. The number of furan rings is 1. The number of rotatable bonds is 3. The SMILES string of the molecule is Cl.Cn1ccnc1C1CNCCN1C(=O)Cn1cnc2c(oc3ccccc32)c1=O. The lowest BCUT2D eigenvalue weighted by Crippen LogP contribution is -2.50. The van der Waals surface area contributed by atoms with Crippen LogP contribution in [0.3, 0.4) is 0 Å². The summed E-state index contributed by atoms with van der Waals surface area (Å²) in [4.78, 5) is 36.5. The number of amides is 1. The summed E-state index contributed by atoms with van der Waals surface area (Å²) in [5.41, 5.74) is 0.932. The van der Waals surface area contributed by atoms with Crippen molar-refractivity contribution in [3.63, 3.8) is 0 Å². The number of benzene rings is 1. The van der Waals surface area contributed by atoms with E-state index in [4.69, 9.17) is 4.42 Å². The van der Waals surface area contributed by atoms with Crippen molar-refractivity contribution in [2.24, 2.45) is 7.05 Å². The Kier molecular flexibility index (Phi) is 5.31. The van der Waals surface area contributed by atoms with Crippen molar-refractivity contribution in [3.8, 4) is 0 Å². The van der Waals surface area contributed by atoms with Gasteiger partial charge in [0.25, 0.3) is 5.56 Å². The number of fused-ring (bicyclic) bond motifs is 3. The number of imidazole rings is 1. The lowest BCUT2D eigenvalue weighted by molar-refractivity contribution is -0.135. The molecule has 1 aromatic carbocycles. The first-order valence-corrected chi connectivity index (χ1v) is 9.47. The van der Waals surface area contributed by atoms with E-state index < -0.39 is 0 Å². The standard InChI is InChI=1S/C20H20N6O3.ClH/c1-24-8-7-22-19(24)14-10-21-6-9-26(14)16(27)11-25-12-23-17-13-4-2-3-5-15(13)29-18(17)20(25)28;/h2-5,7-8,12,14,21H,6,9-11H2,1H3;1H. The molecule has 1 saturated heterocycles. The summed E-state index contributed by atoms with van der Waals surface area (Å²) < 4.78 is 8.92. The number of para-hydroxylation sites is 1. The predicted octanol–water partition coefficient (Wildman–Crippen LogP) is 1.47. The topological polar surface area (TPSA) is 98.2 Å². The van der Waals surface area contributed by atoms with Gasteiger partial charge in [-0.3, -0.25) is 14.2 Å². The molecule has 1 atom stereocenters. The molecule has 156 valence electrons. The summed E-state index contributed by atoms with van der Waals surface area (Å²) in [6, 6.07) is 7.19. The first-order valence-electron chi connectivity index (χ1n) is 9.47. The van der Waals surface area contributed by atoms with Crippen LogP contribution in [0.1, 0.15) is 11.9 Å². The molecule has 1 aliphatic heterocycles. The van der Waals surface area contributed by atoms with Crippen molar-refractivity contribution in [1.82, 2.24) is 29.3 Å². The van der Waals surface area contributed by atoms with Crippen LogP contribution in [0.4, 0.5) is 0 Å². The Morgan fingerprint density at radius 2 is 2.13 bits per heavy atom. The Morgan fingerprint density at radius 1 is 1.30 bits per heavy atom. The summed E-state index contributed by atoms with van der Waals surface area (Å²) in [5.74, 6) is 0.655. The molecule has 0 radical (unpaired) electrons. The van der Waals surface area contributed by atoms with Crippen LogP contribution in [0.2, 0.25) is 0 Å². The summed E-state index contributed by atoms with van der Waals surface area (Å²) in [6.07, 6.45) is 5.00. The Morgan fingerprint density at radius 3 is 2.93 bits per heavy atom. The highest BCUT2D eigenvalue weighted by Crippen LogP contribution is 2.24. The van der Waals surface area contributed by atoms with Crippen LogP contribution in [0.15, 0.2) is 52.2 Å². The van der Waals surface area contributed by atoms with Gasteiger partial charge < -0.3 is 19.2 Å². The van der Waals surface area contributed by atoms with Gasteiger partial charge in [0.15, 0.2) is 0 Å². The average molecular weight is 429 g/mol. The molecular formula is C20H21ClN6O3. The zero-order valence-corrected chi connectivity index (χ0v) is 17.1. The van der Waals surface area contributed by atoms with Crippen molar-refractivity contribution in [2.45, 2.75) is 12.6 Å². The zero-order chi connectivity index (χ0) is 20.0. The monoisotopic (exact) mass is 428 g/mol. The molecule has 1 aliphatic rings. The van der Waals surface area contributed by atoms with Gasteiger partial charge in [-0.15, -0.1) is 12.4 Å². The highest BCUT2D eigenvalue weighted by molar-refractivity contribution is 6.01. The number of aromatic nitrogens is 4. The van der Waals surface area contributed by atoms with Gasteiger partial charge in [0.05, 0.1) is 6.33 Å². The lowest BCUT2D eigenvalue weighted by Gasteiger charge is -2.35. The van der Waals surface area contributed by atoms with Crippen molar-refractivity contribution in [2.75, 3.05) is 19.6 Å². The molecule has 0 aliphatic carbocycles. The van der Waals surface area contributed by atoms with E-state index in [1.807, 2.05) is 36.0 Å². The first kappa shape index (κ1) is 20.1. The summed E-state index contributed by atoms with van der Waals surface area (Å²) in [5, 5.41) is 4.09. The van der Waals surface area contributed by atoms with Crippen LogP contribution in [0.25, 0.3) is 22.1 Å². The van der Waals surface area contributed by atoms with E-state index in [1.165, 1.54) is 10.9 Å². The van der Waals surface area contributed by atoms with Crippen LogP contribution < -0.4 is 10.9 Å². The van der Waals surface area contributed by atoms with Crippen LogP contribution in [-0.2, 0) is 18.4 Å². The molecule has 0 spiro atoms. The zero-order valence-electron chi connectivity index (χ0n) is 16.3. The van der Waals surface area contributed by atoms with Gasteiger partial charge in [-0.25, -0.2) is 9.97 Å². The molecule has 0 saturated carbocycles. The minimum Gasteiger partial charge on any atom is -0.448 e. The van der Waals surface area contributed by atoms with Crippen LogP contribution in [-0.4, -0.2) is 49.5 Å². The molecule has 9 nitrogen and oxygen atoms in total. The van der Waals surface area contributed by atoms with Crippen molar-refractivity contribution < 1.29 is 9.21 Å². The molecule has 1 unspecified atom stereocenters. The summed E-state index contributed by atoms with van der Waals surface area (Å²) >= 11 is 0. The minimum atomic E-state index is -0.358. The maximum absolute atomic E-state index is 13.1. The van der Waals surface area contributed by atoms with E-state index in [1.54, 1.807) is 17.2 Å². The van der Waals surface area contributed by atoms with E-state index in [9.17, 15) is 9.59 Å². The number of nitrogens with one attached hydrogen (secondary N) is 1. The molecule has 1 fully saturated rings. The lowest BCUT2D eigenvalue weighted by atomic mass is 10.1. The van der Waals surface area contributed by atoms with Gasteiger partial charge in [0, 0.05) is 44.5 Å². The number of halogens is 1. The molecule has 1 amide bonds. The van der Waals surface area contributed by atoms with Gasteiger partial charge in [0.2, 0.25) is 11.5 Å². The third kappa shape index (κ3) is 3.25. The van der Waals surface area contributed by atoms with E-state index >= 15 is 0 Å². The van der Waals surface area contributed by atoms with E-state index in [2.05, 4.69) is 15.3 Å². The maximum atomic E-state index is 13.1. The molecular weight excluding hydrogens is 408 g/mol. The second kappa shape index (κ2) is 7.92. The second-order valence-electron chi connectivity index (χ2n) is 7.16. The Hall–Kier alpha value is -3.17. The van der Waals surface area contributed by atoms with Crippen molar-refractivity contribution in [1.29, 1.82) is 0 Å². The van der Waals surface area contributed by atoms with E-state index in [-0.39, 0.29) is 42.0 Å². The number of hydrogen-bond donors (Lipinski definition) is 1.